The second kappa shape index (κ2) is 7.43. The van der Waals surface area contributed by atoms with Crippen LogP contribution in [0.25, 0.3) is 0 Å². The fourth-order valence-electron chi connectivity index (χ4n) is 2.28. The molecule has 0 spiro atoms. The average Bonchev–Trinajstić information content (AvgIpc) is 2.99. The molecule has 10 heteroatoms. The SMILES string of the molecule is O=S(=O)(c1ccc(SCc2nnsc2Cl)nc1)N1CCCCC1. The van der Waals surface area contributed by atoms with E-state index in [1.165, 1.54) is 18.0 Å². The van der Waals surface area contributed by atoms with Crippen molar-refractivity contribution >= 4 is 44.9 Å². The zero-order valence-electron chi connectivity index (χ0n) is 12.2. The van der Waals surface area contributed by atoms with E-state index in [1.807, 2.05) is 0 Å². The number of rotatable bonds is 5. The minimum Gasteiger partial charge on any atom is -0.249 e. The van der Waals surface area contributed by atoms with Gasteiger partial charge in [0.2, 0.25) is 10.0 Å². The van der Waals surface area contributed by atoms with Crippen LogP contribution in [0.3, 0.4) is 0 Å². The topological polar surface area (TPSA) is 76.0 Å². The van der Waals surface area contributed by atoms with Gasteiger partial charge in [0, 0.05) is 36.6 Å². The average molecular weight is 391 g/mol. The molecule has 0 aliphatic carbocycles. The van der Waals surface area contributed by atoms with Gasteiger partial charge in [0.1, 0.15) is 14.9 Å². The molecular weight excluding hydrogens is 376 g/mol. The number of thioether (sulfide) groups is 1. The molecule has 1 saturated heterocycles. The third-order valence-corrected chi connectivity index (χ3v) is 7.35. The van der Waals surface area contributed by atoms with Gasteiger partial charge in [-0.3, -0.25) is 0 Å². The lowest BCUT2D eigenvalue weighted by Gasteiger charge is -2.25. The summed E-state index contributed by atoms with van der Waals surface area (Å²) >= 11 is 8.55. The summed E-state index contributed by atoms with van der Waals surface area (Å²) in [6.07, 6.45) is 4.35. The Balaban J connectivity index is 1.68. The van der Waals surface area contributed by atoms with E-state index in [4.69, 9.17) is 11.6 Å². The summed E-state index contributed by atoms with van der Waals surface area (Å²) in [6.45, 7) is 1.18. The molecule has 3 heterocycles. The van der Waals surface area contributed by atoms with E-state index in [-0.39, 0.29) is 4.90 Å². The maximum atomic E-state index is 12.5. The Morgan fingerprint density at radius 1 is 1.26 bits per heavy atom. The van der Waals surface area contributed by atoms with Gasteiger partial charge in [-0.15, -0.1) is 5.10 Å². The molecular formula is C13H15ClN4O2S3. The summed E-state index contributed by atoms with van der Waals surface area (Å²) in [4.78, 5) is 4.49. The molecule has 6 nitrogen and oxygen atoms in total. The van der Waals surface area contributed by atoms with E-state index in [1.54, 1.807) is 16.4 Å². The van der Waals surface area contributed by atoms with Crippen LogP contribution in [0.2, 0.25) is 4.34 Å². The monoisotopic (exact) mass is 390 g/mol. The summed E-state index contributed by atoms with van der Waals surface area (Å²) in [5, 5.41) is 4.66. The zero-order valence-corrected chi connectivity index (χ0v) is 15.4. The first-order chi connectivity index (χ1) is 11.1. The molecule has 124 valence electrons. The van der Waals surface area contributed by atoms with Crippen molar-refractivity contribution in [3.8, 4) is 0 Å². The van der Waals surface area contributed by atoms with Crippen LogP contribution >= 0.6 is 34.9 Å². The van der Waals surface area contributed by atoms with Crippen LogP contribution in [0.5, 0.6) is 0 Å². The van der Waals surface area contributed by atoms with Crippen LogP contribution in [0.15, 0.2) is 28.3 Å². The highest BCUT2D eigenvalue weighted by Gasteiger charge is 2.26. The number of hydrogen-bond donors (Lipinski definition) is 0. The quantitative estimate of drug-likeness (QED) is 0.730. The van der Waals surface area contributed by atoms with Gasteiger partial charge < -0.3 is 0 Å². The second-order valence-corrected chi connectivity index (χ2v) is 9.37. The molecule has 0 aromatic carbocycles. The molecule has 0 bridgehead atoms. The van der Waals surface area contributed by atoms with Gasteiger partial charge in [-0.25, -0.2) is 13.4 Å². The molecule has 0 amide bonds. The predicted molar refractivity (Wildman–Crippen MR) is 91.3 cm³/mol. The van der Waals surface area contributed by atoms with Crippen molar-refractivity contribution in [1.29, 1.82) is 0 Å². The number of nitrogens with zero attached hydrogens (tertiary/aromatic N) is 4. The molecule has 0 atom stereocenters. The predicted octanol–water partition coefficient (Wildman–Crippen LogP) is 3.05. The van der Waals surface area contributed by atoms with Crippen LogP contribution in [0, 0.1) is 0 Å². The third-order valence-electron chi connectivity index (χ3n) is 3.53. The maximum absolute atomic E-state index is 12.5. The van der Waals surface area contributed by atoms with Crippen LogP contribution in [0.4, 0.5) is 0 Å². The lowest BCUT2D eigenvalue weighted by molar-refractivity contribution is 0.346. The van der Waals surface area contributed by atoms with Crippen molar-refractivity contribution in [1.82, 2.24) is 18.9 Å². The Morgan fingerprint density at radius 2 is 2.04 bits per heavy atom. The fraction of sp³-hybridized carbons (Fsp3) is 0.462. The van der Waals surface area contributed by atoms with E-state index in [0.717, 1.165) is 35.8 Å². The Labute approximate surface area is 148 Å². The largest absolute Gasteiger partial charge is 0.249 e. The molecule has 0 saturated carbocycles. The van der Waals surface area contributed by atoms with E-state index in [2.05, 4.69) is 14.6 Å². The number of halogens is 1. The van der Waals surface area contributed by atoms with Crippen molar-refractivity contribution in [3.05, 3.63) is 28.4 Å². The van der Waals surface area contributed by atoms with Gasteiger partial charge >= 0.3 is 0 Å². The van der Waals surface area contributed by atoms with Crippen LogP contribution in [0.1, 0.15) is 25.0 Å². The van der Waals surface area contributed by atoms with E-state index in [9.17, 15) is 8.42 Å². The first-order valence-electron chi connectivity index (χ1n) is 7.13. The highest BCUT2D eigenvalue weighted by atomic mass is 35.5. The van der Waals surface area contributed by atoms with Crippen molar-refractivity contribution in [2.24, 2.45) is 0 Å². The minimum absolute atomic E-state index is 0.247. The van der Waals surface area contributed by atoms with Crippen molar-refractivity contribution in [2.45, 2.75) is 34.9 Å². The highest BCUT2D eigenvalue weighted by Crippen LogP contribution is 2.27. The Bertz CT molecular complexity index is 758. The zero-order chi connectivity index (χ0) is 16.3. The van der Waals surface area contributed by atoms with Gasteiger partial charge in [0.15, 0.2) is 0 Å². The number of piperidine rings is 1. The van der Waals surface area contributed by atoms with Gasteiger partial charge in [0.05, 0.1) is 5.03 Å². The van der Waals surface area contributed by atoms with E-state index >= 15 is 0 Å². The fourth-order valence-corrected chi connectivity index (χ4v) is 5.32. The summed E-state index contributed by atoms with van der Waals surface area (Å²) < 4.78 is 31.0. The number of aromatic nitrogens is 3. The number of pyridine rings is 1. The summed E-state index contributed by atoms with van der Waals surface area (Å²) in [5.74, 6) is 0.556. The van der Waals surface area contributed by atoms with E-state index < -0.39 is 10.0 Å². The van der Waals surface area contributed by atoms with Crippen LogP contribution in [-0.2, 0) is 15.8 Å². The molecule has 0 unspecified atom stereocenters. The van der Waals surface area contributed by atoms with Crippen LogP contribution < -0.4 is 0 Å². The number of sulfonamides is 1. The molecule has 1 aliphatic heterocycles. The summed E-state index contributed by atoms with van der Waals surface area (Å²) in [6, 6.07) is 3.33. The first kappa shape index (κ1) is 17.1. The Kier molecular flexibility index (Phi) is 5.53. The second-order valence-electron chi connectivity index (χ2n) is 5.08. The molecule has 2 aromatic heterocycles. The lowest BCUT2D eigenvalue weighted by Crippen LogP contribution is -2.35. The molecule has 1 fully saturated rings. The number of hydrogen-bond acceptors (Lipinski definition) is 7. The van der Waals surface area contributed by atoms with Crippen molar-refractivity contribution in [3.63, 3.8) is 0 Å². The molecule has 23 heavy (non-hydrogen) atoms. The third kappa shape index (κ3) is 4.03. The molecule has 1 aliphatic rings. The van der Waals surface area contributed by atoms with Crippen LogP contribution in [-0.4, -0.2) is 40.4 Å². The minimum atomic E-state index is -3.42. The maximum Gasteiger partial charge on any atom is 0.244 e. The lowest BCUT2D eigenvalue weighted by atomic mass is 10.2. The Morgan fingerprint density at radius 3 is 2.65 bits per heavy atom. The molecule has 2 aromatic rings. The molecule has 3 rings (SSSR count). The summed E-state index contributed by atoms with van der Waals surface area (Å²) in [5.41, 5.74) is 0.716. The smallest absolute Gasteiger partial charge is 0.244 e. The van der Waals surface area contributed by atoms with Gasteiger partial charge in [-0.2, -0.15) is 4.31 Å². The van der Waals surface area contributed by atoms with Gasteiger partial charge in [-0.1, -0.05) is 34.3 Å². The highest BCUT2D eigenvalue weighted by molar-refractivity contribution is 7.98. The van der Waals surface area contributed by atoms with Gasteiger partial charge in [0.25, 0.3) is 0 Å². The first-order valence-corrected chi connectivity index (χ1v) is 10.7. The molecule has 0 radical (unpaired) electrons. The standard InChI is InChI=1S/C13H15ClN4O2S3/c14-13-11(16-17-22-13)9-21-12-5-4-10(8-15-12)23(19,20)18-6-2-1-3-7-18/h4-5,8H,1-3,6-7,9H2. The van der Waals surface area contributed by atoms with E-state index in [0.29, 0.717) is 28.9 Å². The van der Waals surface area contributed by atoms with Gasteiger partial charge in [-0.05, 0) is 25.0 Å². The molecule has 0 N–H and O–H groups in total. The summed E-state index contributed by atoms with van der Waals surface area (Å²) in [7, 11) is -3.42. The Hall–Kier alpha value is -0.740. The normalized spacial score (nSPS) is 16.6. The van der Waals surface area contributed by atoms with Crippen molar-refractivity contribution < 1.29 is 8.42 Å². The van der Waals surface area contributed by atoms with Crippen molar-refractivity contribution in [2.75, 3.05) is 13.1 Å².